The largest absolute Gasteiger partial charge is 0.348 e. The van der Waals surface area contributed by atoms with Crippen molar-refractivity contribution in [3.8, 4) is 0 Å². The number of nitrogens with zero attached hydrogens (tertiary/aromatic N) is 1. The highest BCUT2D eigenvalue weighted by Crippen LogP contribution is 2.40. The minimum absolute atomic E-state index is 0.124. The fraction of sp³-hybridized carbons (Fsp3) is 0.238. The van der Waals surface area contributed by atoms with Crippen molar-refractivity contribution in [1.82, 2.24) is 5.32 Å². The lowest BCUT2D eigenvalue weighted by atomic mass is 10.1. The number of hydrogen-bond acceptors (Lipinski definition) is 2. The number of hydrogen-bond donors (Lipinski definition) is 1. The number of carbonyl (C=O) groups is 2. The zero-order valence-corrected chi connectivity index (χ0v) is 14.4. The molecular formula is C21H22N2O2. The van der Waals surface area contributed by atoms with E-state index in [2.05, 4.69) is 30.1 Å². The van der Waals surface area contributed by atoms with E-state index in [0.29, 0.717) is 18.0 Å². The summed E-state index contributed by atoms with van der Waals surface area (Å²) in [6.07, 6.45) is 3.80. The van der Waals surface area contributed by atoms with Gasteiger partial charge in [0.2, 0.25) is 5.91 Å². The molecule has 0 bridgehead atoms. The van der Waals surface area contributed by atoms with E-state index in [9.17, 15) is 9.59 Å². The zero-order valence-electron chi connectivity index (χ0n) is 14.4. The smallest absolute Gasteiger partial charge is 0.251 e. The number of nitrogens with one attached hydrogen (secondary N) is 1. The number of carbonyl (C=O) groups excluding carboxylic acids is 2. The van der Waals surface area contributed by atoms with Gasteiger partial charge in [-0.3, -0.25) is 9.59 Å². The fourth-order valence-corrected chi connectivity index (χ4v) is 2.76. The minimum atomic E-state index is -0.187. The predicted molar refractivity (Wildman–Crippen MR) is 99.6 cm³/mol. The van der Waals surface area contributed by atoms with Crippen LogP contribution in [0.15, 0.2) is 61.2 Å². The molecule has 0 aromatic heterocycles. The molecule has 2 aromatic carbocycles. The third-order valence-electron chi connectivity index (χ3n) is 4.47. The SMILES string of the molecule is C=CC(=O)N(C)c1ccc(C(=O)NCc2cccc(C3CC3)c2)cc1. The first-order valence-electron chi connectivity index (χ1n) is 8.45. The highest BCUT2D eigenvalue weighted by Gasteiger charge is 2.23. The Hall–Kier alpha value is -2.88. The average Bonchev–Trinajstić information content (AvgIpc) is 3.50. The molecule has 1 N–H and O–H groups in total. The molecule has 0 aliphatic heterocycles. The second kappa shape index (κ2) is 7.34. The van der Waals surface area contributed by atoms with E-state index < -0.39 is 0 Å². The van der Waals surface area contributed by atoms with Crippen LogP contribution in [0.4, 0.5) is 5.69 Å². The van der Waals surface area contributed by atoms with Crippen LogP contribution >= 0.6 is 0 Å². The molecule has 1 saturated carbocycles. The Bertz CT molecular complexity index is 792. The Morgan fingerprint density at radius 3 is 2.56 bits per heavy atom. The Morgan fingerprint density at radius 1 is 1.20 bits per heavy atom. The summed E-state index contributed by atoms with van der Waals surface area (Å²) >= 11 is 0. The number of likely N-dealkylation sites (N-methyl/N-ethyl adjacent to an activating group) is 1. The molecule has 25 heavy (non-hydrogen) atoms. The van der Waals surface area contributed by atoms with Crippen LogP contribution in [0.2, 0.25) is 0 Å². The number of amides is 2. The van der Waals surface area contributed by atoms with E-state index in [0.717, 1.165) is 11.3 Å². The van der Waals surface area contributed by atoms with Crippen molar-refractivity contribution in [1.29, 1.82) is 0 Å². The van der Waals surface area contributed by atoms with Crippen LogP contribution in [0.1, 0.15) is 40.2 Å². The first-order valence-corrected chi connectivity index (χ1v) is 8.45. The van der Waals surface area contributed by atoms with Gasteiger partial charge in [0, 0.05) is 24.8 Å². The van der Waals surface area contributed by atoms with Crippen LogP contribution in [-0.4, -0.2) is 18.9 Å². The standard InChI is InChI=1S/C21H22N2O2/c1-3-20(24)23(2)19-11-9-17(10-12-19)21(25)22-14-15-5-4-6-18(13-15)16-7-8-16/h3-6,9-13,16H,1,7-8,14H2,2H3,(H,22,25). The van der Waals surface area contributed by atoms with Crippen LogP contribution in [-0.2, 0) is 11.3 Å². The Kier molecular flexibility index (Phi) is 4.98. The third-order valence-corrected chi connectivity index (χ3v) is 4.47. The quantitative estimate of drug-likeness (QED) is 0.820. The van der Waals surface area contributed by atoms with Crippen LogP contribution in [0.3, 0.4) is 0 Å². The topological polar surface area (TPSA) is 49.4 Å². The van der Waals surface area contributed by atoms with Crippen molar-refractivity contribution in [2.24, 2.45) is 0 Å². The second-order valence-corrected chi connectivity index (χ2v) is 6.35. The summed E-state index contributed by atoms with van der Waals surface area (Å²) in [6, 6.07) is 15.4. The molecule has 0 saturated heterocycles. The molecule has 1 aliphatic carbocycles. The molecule has 0 radical (unpaired) electrons. The van der Waals surface area contributed by atoms with Crippen molar-refractivity contribution in [3.05, 3.63) is 77.9 Å². The van der Waals surface area contributed by atoms with Gasteiger partial charge in [-0.25, -0.2) is 0 Å². The van der Waals surface area contributed by atoms with Gasteiger partial charge in [0.25, 0.3) is 5.91 Å². The minimum Gasteiger partial charge on any atom is -0.348 e. The number of anilines is 1. The van der Waals surface area contributed by atoms with Crippen molar-refractivity contribution in [2.75, 3.05) is 11.9 Å². The highest BCUT2D eigenvalue weighted by molar-refractivity contribution is 6.01. The van der Waals surface area contributed by atoms with E-state index in [-0.39, 0.29) is 11.8 Å². The maximum atomic E-state index is 12.3. The maximum absolute atomic E-state index is 12.3. The van der Waals surface area contributed by atoms with Gasteiger partial charge >= 0.3 is 0 Å². The second-order valence-electron chi connectivity index (χ2n) is 6.35. The molecule has 0 heterocycles. The fourth-order valence-electron chi connectivity index (χ4n) is 2.76. The Morgan fingerprint density at radius 2 is 1.92 bits per heavy atom. The maximum Gasteiger partial charge on any atom is 0.251 e. The van der Waals surface area contributed by atoms with Gasteiger partial charge in [-0.2, -0.15) is 0 Å². The summed E-state index contributed by atoms with van der Waals surface area (Å²) < 4.78 is 0. The van der Waals surface area contributed by atoms with E-state index in [1.165, 1.54) is 29.4 Å². The predicted octanol–water partition coefficient (Wildman–Crippen LogP) is 3.64. The van der Waals surface area contributed by atoms with Crippen molar-refractivity contribution in [3.63, 3.8) is 0 Å². The van der Waals surface area contributed by atoms with Crippen molar-refractivity contribution < 1.29 is 9.59 Å². The summed E-state index contributed by atoms with van der Waals surface area (Å²) in [5.41, 5.74) is 3.77. The third kappa shape index (κ3) is 4.15. The van der Waals surface area contributed by atoms with Gasteiger partial charge in [-0.1, -0.05) is 30.8 Å². The van der Waals surface area contributed by atoms with Gasteiger partial charge < -0.3 is 10.2 Å². The molecule has 2 aromatic rings. The summed E-state index contributed by atoms with van der Waals surface area (Å²) in [4.78, 5) is 25.4. The summed E-state index contributed by atoms with van der Waals surface area (Å²) in [5.74, 6) is 0.396. The molecule has 3 rings (SSSR count). The monoisotopic (exact) mass is 334 g/mol. The first kappa shape index (κ1) is 17.0. The van der Waals surface area contributed by atoms with Crippen LogP contribution < -0.4 is 10.2 Å². The van der Waals surface area contributed by atoms with Gasteiger partial charge in [-0.15, -0.1) is 0 Å². The van der Waals surface area contributed by atoms with Gasteiger partial charge in [-0.05, 0) is 60.2 Å². The van der Waals surface area contributed by atoms with Gasteiger partial charge in [0.15, 0.2) is 0 Å². The first-order chi connectivity index (χ1) is 12.1. The molecule has 128 valence electrons. The average molecular weight is 334 g/mol. The van der Waals surface area contributed by atoms with Crippen molar-refractivity contribution >= 4 is 17.5 Å². The van der Waals surface area contributed by atoms with E-state index in [1.54, 1.807) is 31.3 Å². The van der Waals surface area contributed by atoms with Gasteiger partial charge in [0.1, 0.15) is 0 Å². The molecule has 0 atom stereocenters. The highest BCUT2D eigenvalue weighted by atomic mass is 16.2. The summed E-state index contributed by atoms with van der Waals surface area (Å²) in [5, 5.41) is 2.95. The molecule has 1 aliphatic rings. The van der Waals surface area contributed by atoms with Crippen LogP contribution in [0, 0.1) is 0 Å². The Labute approximate surface area is 148 Å². The van der Waals surface area contributed by atoms with Crippen LogP contribution in [0.5, 0.6) is 0 Å². The van der Waals surface area contributed by atoms with E-state index in [4.69, 9.17) is 0 Å². The zero-order chi connectivity index (χ0) is 17.8. The van der Waals surface area contributed by atoms with Gasteiger partial charge in [0.05, 0.1) is 0 Å². The molecule has 4 heteroatoms. The summed E-state index contributed by atoms with van der Waals surface area (Å²) in [6.45, 7) is 3.98. The lowest BCUT2D eigenvalue weighted by Crippen LogP contribution is -2.25. The molecule has 0 spiro atoms. The molecule has 4 nitrogen and oxygen atoms in total. The molecule has 0 unspecified atom stereocenters. The Balaban J connectivity index is 1.60. The lowest BCUT2D eigenvalue weighted by molar-refractivity contribution is -0.113. The molecular weight excluding hydrogens is 312 g/mol. The van der Waals surface area contributed by atoms with E-state index >= 15 is 0 Å². The van der Waals surface area contributed by atoms with Crippen LogP contribution in [0.25, 0.3) is 0 Å². The van der Waals surface area contributed by atoms with E-state index in [1.807, 2.05) is 6.07 Å². The van der Waals surface area contributed by atoms with Crippen molar-refractivity contribution in [2.45, 2.75) is 25.3 Å². The number of benzene rings is 2. The lowest BCUT2D eigenvalue weighted by Gasteiger charge is -2.15. The normalized spacial score (nSPS) is 13.2. The molecule has 2 amide bonds. The number of rotatable bonds is 6. The molecule has 1 fully saturated rings. The summed E-state index contributed by atoms with van der Waals surface area (Å²) in [7, 11) is 1.67.